The van der Waals surface area contributed by atoms with Crippen LogP contribution in [0.2, 0.25) is 5.02 Å². The Morgan fingerprint density at radius 3 is 2.50 bits per heavy atom. The maximum Gasteiger partial charge on any atom is 0.135 e. The quantitative estimate of drug-likeness (QED) is 0.509. The van der Waals surface area contributed by atoms with Crippen molar-refractivity contribution in [1.82, 2.24) is 14.8 Å². The molecule has 0 radical (unpaired) electrons. The number of benzene rings is 2. The standard InChI is InChI=1S/C25H25ClN4OS/c26-19-8-6-18(7-9-19)21-16-32-25(28-21)23-22(31)15-30(24(23)27)20-10-12-29(13-11-20)14-17-4-2-1-3-5-17/h1-9,16,20,27,31H,10-15H2. The second-order valence-corrected chi connectivity index (χ2v) is 9.63. The zero-order valence-corrected chi connectivity index (χ0v) is 19.2. The minimum Gasteiger partial charge on any atom is -0.510 e. The molecule has 2 aromatic carbocycles. The number of piperidine rings is 1. The number of rotatable bonds is 5. The fraction of sp³-hybridized carbons (Fsp3) is 0.280. The molecule has 0 atom stereocenters. The lowest BCUT2D eigenvalue weighted by atomic mass is 10.0. The average Bonchev–Trinajstić information content (AvgIpc) is 3.40. The van der Waals surface area contributed by atoms with Crippen LogP contribution in [0.15, 0.2) is 65.7 Å². The Balaban J connectivity index is 1.24. The van der Waals surface area contributed by atoms with E-state index in [0.29, 0.717) is 28.0 Å². The van der Waals surface area contributed by atoms with Crippen LogP contribution in [-0.4, -0.2) is 51.4 Å². The lowest BCUT2D eigenvalue weighted by Gasteiger charge is -2.37. The third-order valence-electron chi connectivity index (χ3n) is 6.24. The van der Waals surface area contributed by atoms with Gasteiger partial charge in [-0.1, -0.05) is 54.1 Å². The number of thiazole rings is 1. The molecule has 7 heteroatoms. The molecule has 0 amide bonds. The summed E-state index contributed by atoms with van der Waals surface area (Å²) < 4.78 is 0. The number of aliphatic hydroxyl groups excluding tert-OH is 1. The van der Waals surface area contributed by atoms with Gasteiger partial charge >= 0.3 is 0 Å². The number of amidine groups is 1. The molecule has 0 saturated carbocycles. The van der Waals surface area contributed by atoms with Gasteiger partial charge < -0.3 is 10.0 Å². The van der Waals surface area contributed by atoms with Gasteiger partial charge in [0, 0.05) is 41.6 Å². The fourth-order valence-corrected chi connectivity index (χ4v) is 5.53. The van der Waals surface area contributed by atoms with Gasteiger partial charge in [0.1, 0.15) is 16.6 Å². The highest BCUT2D eigenvalue weighted by Crippen LogP contribution is 2.34. The lowest BCUT2D eigenvalue weighted by Crippen LogP contribution is -2.45. The predicted octanol–water partition coefficient (Wildman–Crippen LogP) is 5.69. The van der Waals surface area contributed by atoms with Crippen LogP contribution in [0, 0.1) is 5.41 Å². The number of halogens is 1. The van der Waals surface area contributed by atoms with Gasteiger partial charge in [0.25, 0.3) is 0 Å². The van der Waals surface area contributed by atoms with Gasteiger partial charge in [-0.3, -0.25) is 10.3 Å². The Hall–Kier alpha value is -2.67. The molecule has 2 aliphatic rings. The summed E-state index contributed by atoms with van der Waals surface area (Å²) in [5.74, 6) is 0.639. The summed E-state index contributed by atoms with van der Waals surface area (Å²) in [4.78, 5) is 9.23. The first kappa shape index (κ1) is 21.2. The Morgan fingerprint density at radius 2 is 1.78 bits per heavy atom. The van der Waals surface area contributed by atoms with Crippen LogP contribution in [-0.2, 0) is 6.54 Å². The molecule has 1 aromatic heterocycles. The summed E-state index contributed by atoms with van der Waals surface area (Å²) in [5.41, 5.74) is 3.72. The second kappa shape index (κ2) is 9.06. The molecule has 1 fully saturated rings. The average molecular weight is 465 g/mol. The van der Waals surface area contributed by atoms with Gasteiger partial charge in [0.2, 0.25) is 0 Å². The third-order valence-corrected chi connectivity index (χ3v) is 7.35. The Kier molecular flexibility index (Phi) is 6.00. The summed E-state index contributed by atoms with van der Waals surface area (Å²) in [6.07, 6.45) is 1.98. The number of hydrogen-bond donors (Lipinski definition) is 2. The zero-order valence-electron chi connectivity index (χ0n) is 17.7. The van der Waals surface area contributed by atoms with Crippen molar-refractivity contribution in [3.05, 3.63) is 81.3 Å². The zero-order chi connectivity index (χ0) is 22.1. The lowest BCUT2D eigenvalue weighted by molar-refractivity contribution is 0.149. The number of likely N-dealkylation sites (tertiary alicyclic amines) is 1. The number of hydrogen-bond acceptors (Lipinski definition) is 5. The molecule has 5 nitrogen and oxygen atoms in total. The van der Waals surface area contributed by atoms with E-state index in [-0.39, 0.29) is 11.8 Å². The SMILES string of the molecule is N=C1C(c2nc(-c3ccc(Cl)cc3)cs2)=C(O)CN1C1CCN(Cc2ccccc2)CC1. The maximum atomic E-state index is 10.7. The second-order valence-electron chi connectivity index (χ2n) is 8.34. The molecule has 2 aliphatic heterocycles. The normalized spacial score (nSPS) is 18.0. The summed E-state index contributed by atoms with van der Waals surface area (Å²) in [6, 6.07) is 18.4. The molecule has 5 rings (SSSR count). The van der Waals surface area contributed by atoms with Crippen LogP contribution in [0.25, 0.3) is 16.8 Å². The first-order valence-electron chi connectivity index (χ1n) is 10.8. The van der Waals surface area contributed by atoms with Crippen LogP contribution in [0.4, 0.5) is 0 Å². The van der Waals surface area contributed by atoms with E-state index < -0.39 is 0 Å². The van der Waals surface area contributed by atoms with Gasteiger partial charge in [-0.2, -0.15) is 0 Å². The molecule has 164 valence electrons. The summed E-state index contributed by atoms with van der Waals surface area (Å²) in [7, 11) is 0. The molecule has 2 N–H and O–H groups in total. The smallest absolute Gasteiger partial charge is 0.135 e. The van der Waals surface area contributed by atoms with Gasteiger partial charge in [-0.15, -0.1) is 11.3 Å². The fourth-order valence-electron chi connectivity index (χ4n) is 4.51. The van der Waals surface area contributed by atoms with E-state index in [2.05, 4.69) is 29.2 Å². The Morgan fingerprint density at radius 1 is 1.06 bits per heavy atom. The van der Waals surface area contributed by atoms with E-state index in [4.69, 9.17) is 22.0 Å². The third kappa shape index (κ3) is 4.31. The molecule has 3 aromatic rings. The first-order chi connectivity index (χ1) is 15.6. The molecule has 0 aliphatic carbocycles. The van der Waals surface area contributed by atoms with Crippen molar-refractivity contribution in [2.24, 2.45) is 0 Å². The highest BCUT2D eigenvalue weighted by atomic mass is 35.5. The van der Waals surface area contributed by atoms with E-state index in [0.717, 1.165) is 43.7 Å². The maximum absolute atomic E-state index is 10.7. The highest BCUT2D eigenvalue weighted by Gasteiger charge is 2.35. The molecular formula is C25H25ClN4OS. The van der Waals surface area contributed by atoms with Crippen LogP contribution in [0.3, 0.4) is 0 Å². The molecule has 3 heterocycles. The van der Waals surface area contributed by atoms with E-state index in [1.807, 2.05) is 40.6 Å². The van der Waals surface area contributed by atoms with Gasteiger partial charge in [0.05, 0.1) is 17.8 Å². The number of aliphatic hydroxyl groups is 1. The highest BCUT2D eigenvalue weighted by molar-refractivity contribution is 7.11. The van der Waals surface area contributed by atoms with E-state index >= 15 is 0 Å². The van der Waals surface area contributed by atoms with E-state index in [1.54, 1.807) is 0 Å². The number of nitrogens with zero attached hydrogens (tertiary/aromatic N) is 3. The largest absolute Gasteiger partial charge is 0.510 e. The van der Waals surface area contributed by atoms with Crippen LogP contribution < -0.4 is 0 Å². The first-order valence-corrected chi connectivity index (χ1v) is 12.1. The molecule has 0 bridgehead atoms. The van der Waals surface area contributed by atoms with Crippen LogP contribution >= 0.6 is 22.9 Å². The van der Waals surface area contributed by atoms with Crippen molar-refractivity contribution in [2.75, 3.05) is 19.6 Å². The van der Waals surface area contributed by atoms with Gasteiger partial charge in [-0.25, -0.2) is 4.98 Å². The summed E-state index contributed by atoms with van der Waals surface area (Å²) >= 11 is 7.46. The monoisotopic (exact) mass is 464 g/mol. The van der Waals surface area contributed by atoms with Gasteiger partial charge in [-0.05, 0) is 30.5 Å². The molecule has 0 spiro atoms. The molecule has 1 saturated heterocycles. The molecule has 32 heavy (non-hydrogen) atoms. The summed E-state index contributed by atoms with van der Waals surface area (Å²) in [6.45, 7) is 3.36. The molecule has 0 unspecified atom stereocenters. The molecular weight excluding hydrogens is 440 g/mol. The predicted molar refractivity (Wildman–Crippen MR) is 131 cm³/mol. The van der Waals surface area contributed by atoms with Gasteiger partial charge in [0.15, 0.2) is 0 Å². The van der Waals surface area contributed by atoms with Crippen molar-refractivity contribution in [3.63, 3.8) is 0 Å². The van der Waals surface area contributed by atoms with Crippen molar-refractivity contribution in [1.29, 1.82) is 5.41 Å². The number of nitrogens with one attached hydrogen (secondary N) is 1. The van der Waals surface area contributed by atoms with Crippen molar-refractivity contribution < 1.29 is 5.11 Å². The minimum absolute atomic E-state index is 0.249. The van der Waals surface area contributed by atoms with Crippen LogP contribution in [0.1, 0.15) is 23.4 Å². The van der Waals surface area contributed by atoms with Crippen molar-refractivity contribution >= 4 is 34.3 Å². The van der Waals surface area contributed by atoms with Crippen LogP contribution in [0.5, 0.6) is 0 Å². The Bertz CT molecular complexity index is 1130. The van der Waals surface area contributed by atoms with Crippen molar-refractivity contribution in [2.45, 2.75) is 25.4 Å². The summed E-state index contributed by atoms with van der Waals surface area (Å²) in [5, 5.41) is 22.8. The number of aromatic nitrogens is 1. The topological polar surface area (TPSA) is 63.5 Å². The minimum atomic E-state index is 0.249. The van der Waals surface area contributed by atoms with E-state index in [9.17, 15) is 5.11 Å². The van der Waals surface area contributed by atoms with E-state index in [1.165, 1.54) is 16.9 Å². The van der Waals surface area contributed by atoms with Crippen molar-refractivity contribution in [3.8, 4) is 11.3 Å². The Labute approximate surface area is 197 Å².